The Morgan fingerprint density at radius 3 is 2.47 bits per heavy atom. The molecule has 10 heteroatoms. The topological polar surface area (TPSA) is 72.1 Å². The first-order valence-electron chi connectivity index (χ1n) is 3.37. The summed E-state index contributed by atoms with van der Waals surface area (Å²) in [5.41, 5.74) is 0. The quantitative estimate of drug-likeness (QED) is 0.636. The minimum Gasteiger partial charge on any atom is -0.341 e. The lowest BCUT2D eigenvalue weighted by Gasteiger charge is -2.14. The number of rotatable bonds is 4. The Balaban J connectivity index is 2.94. The van der Waals surface area contributed by atoms with Crippen molar-refractivity contribution in [1.29, 1.82) is 0 Å². The predicted octanol–water partition coefficient (Wildman–Crippen LogP) is 0.976. The van der Waals surface area contributed by atoms with Crippen LogP contribution in [0, 0.1) is 0 Å². The van der Waals surface area contributed by atoms with Crippen molar-refractivity contribution in [3.05, 3.63) is 12.4 Å². The number of imidazole rings is 1. The Labute approximate surface area is 81.2 Å². The summed E-state index contributed by atoms with van der Waals surface area (Å²) in [7, 11) is -5.76. The van der Waals surface area contributed by atoms with Gasteiger partial charge in [-0.1, -0.05) is 0 Å². The molecule has 0 spiro atoms. The molecule has 0 amide bonds. The van der Waals surface area contributed by atoms with Crippen molar-refractivity contribution in [1.82, 2.24) is 9.97 Å². The van der Waals surface area contributed by atoms with E-state index in [0.29, 0.717) is 0 Å². The summed E-state index contributed by atoms with van der Waals surface area (Å²) in [5, 5.41) is -5.28. The zero-order chi connectivity index (χ0) is 11.7. The molecular weight excluding hydrogens is 244 g/mol. The molecule has 0 saturated heterocycles. The van der Waals surface area contributed by atoms with Crippen molar-refractivity contribution in [3.8, 4) is 6.01 Å². The molecule has 0 saturated carbocycles. The van der Waals surface area contributed by atoms with Crippen LogP contribution in [-0.4, -0.2) is 30.1 Å². The monoisotopic (exact) mass is 248 g/mol. The Morgan fingerprint density at radius 2 is 2.07 bits per heavy atom. The molecule has 1 N–H and O–H groups in total. The lowest BCUT2D eigenvalue weighted by Crippen LogP contribution is -2.39. The molecule has 1 rings (SSSR count). The van der Waals surface area contributed by atoms with E-state index in [-0.39, 0.29) is 0 Å². The summed E-state index contributed by atoms with van der Waals surface area (Å²) in [6.45, 7) is 0. The molecule has 0 bridgehead atoms. The highest BCUT2D eigenvalue weighted by molar-refractivity contribution is 7.88. The number of nitrogens with one attached hydrogen (secondary N) is 1. The molecule has 0 atom stereocenters. The van der Waals surface area contributed by atoms with E-state index in [4.69, 9.17) is 0 Å². The van der Waals surface area contributed by atoms with E-state index in [0.717, 1.165) is 12.4 Å². The van der Waals surface area contributed by atoms with Gasteiger partial charge in [-0.05, 0) is 0 Å². The van der Waals surface area contributed by atoms with E-state index in [1.165, 1.54) is 0 Å². The molecular formula is C5H4F4N2O3S. The van der Waals surface area contributed by atoms with Gasteiger partial charge in [0.2, 0.25) is 0 Å². The van der Waals surface area contributed by atoms with Gasteiger partial charge >= 0.3 is 27.8 Å². The van der Waals surface area contributed by atoms with Crippen molar-refractivity contribution < 1.29 is 30.2 Å². The third-order valence-electron chi connectivity index (χ3n) is 1.25. The number of hydrogen-bond acceptors (Lipinski definition) is 4. The van der Waals surface area contributed by atoms with E-state index in [1.54, 1.807) is 0 Å². The SMILES string of the molecule is O=S(=O)(Oc1ncc[nH]1)C(F)(F)C(F)F. The number of H-pyrrole nitrogens is 1. The number of hydrogen-bond donors (Lipinski definition) is 1. The van der Waals surface area contributed by atoms with Crippen LogP contribution in [0.1, 0.15) is 0 Å². The second-order valence-corrected chi connectivity index (χ2v) is 3.91. The van der Waals surface area contributed by atoms with Gasteiger partial charge in [-0.15, -0.1) is 0 Å². The third kappa shape index (κ3) is 2.19. The van der Waals surface area contributed by atoms with Crippen LogP contribution in [0.25, 0.3) is 0 Å². The molecule has 5 nitrogen and oxygen atoms in total. The fourth-order valence-corrected chi connectivity index (χ4v) is 1.19. The summed E-state index contributed by atoms with van der Waals surface area (Å²) in [4.78, 5) is 5.15. The van der Waals surface area contributed by atoms with Gasteiger partial charge < -0.3 is 9.17 Å². The lowest BCUT2D eigenvalue weighted by atomic mass is 10.7. The van der Waals surface area contributed by atoms with Crippen LogP contribution in [0.3, 0.4) is 0 Å². The van der Waals surface area contributed by atoms with E-state index in [1.807, 2.05) is 4.98 Å². The minimum atomic E-state index is -5.76. The summed E-state index contributed by atoms with van der Waals surface area (Å²) in [6.07, 6.45) is -2.30. The number of nitrogens with zero attached hydrogens (tertiary/aromatic N) is 1. The fourth-order valence-electron chi connectivity index (χ4n) is 0.565. The molecule has 1 heterocycles. The zero-order valence-corrected chi connectivity index (χ0v) is 7.64. The summed E-state index contributed by atoms with van der Waals surface area (Å²) in [5.74, 6) is 0. The van der Waals surface area contributed by atoms with Crippen LogP contribution in [-0.2, 0) is 10.1 Å². The van der Waals surface area contributed by atoms with Crippen molar-refractivity contribution in [2.45, 2.75) is 11.7 Å². The Kier molecular flexibility index (Phi) is 2.88. The van der Waals surface area contributed by atoms with Gasteiger partial charge in [0, 0.05) is 12.4 Å². The molecule has 0 radical (unpaired) electrons. The molecule has 86 valence electrons. The highest BCUT2D eigenvalue weighted by Gasteiger charge is 2.56. The van der Waals surface area contributed by atoms with E-state index in [2.05, 4.69) is 9.17 Å². The molecule has 0 unspecified atom stereocenters. The molecule has 15 heavy (non-hydrogen) atoms. The third-order valence-corrected chi connectivity index (χ3v) is 2.47. The van der Waals surface area contributed by atoms with E-state index < -0.39 is 27.8 Å². The smallest absolute Gasteiger partial charge is 0.341 e. The fraction of sp³-hybridized carbons (Fsp3) is 0.400. The Morgan fingerprint density at radius 1 is 1.47 bits per heavy atom. The van der Waals surface area contributed by atoms with E-state index in [9.17, 15) is 26.0 Å². The number of aromatic amines is 1. The van der Waals surface area contributed by atoms with Crippen LogP contribution in [0.15, 0.2) is 12.4 Å². The van der Waals surface area contributed by atoms with Crippen molar-refractivity contribution in [2.24, 2.45) is 0 Å². The first-order chi connectivity index (χ1) is 6.77. The molecule has 0 fully saturated rings. The molecule has 1 aromatic rings. The van der Waals surface area contributed by atoms with Gasteiger partial charge in [0.05, 0.1) is 0 Å². The van der Waals surface area contributed by atoms with Gasteiger partial charge in [0.25, 0.3) is 0 Å². The lowest BCUT2D eigenvalue weighted by molar-refractivity contribution is -0.0681. The highest BCUT2D eigenvalue weighted by atomic mass is 32.2. The number of halogens is 4. The normalized spacial score (nSPS) is 13.1. The summed E-state index contributed by atoms with van der Waals surface area (Å²) < 4.78 is 73.2. The van der Waals surface area contributed by atoms with E-state index >= 15 is 0 Å². The van der Waals surface area contributed by atoms with Gasteiger partial charge in [-0.25, -0.2) is 13.8 Å². The second kappa shape index (κ2) is 3.68. The summed E-state index contributed by atoms with van der Waals surface area (Å²) >= 11 is 0. The highest BCUT2D eigenvalue weighted by Crippen LogP contribution is 2.30. The van der Waals surface area contributed by atoms with Crippen LogP contribution >= 0.6 is 0 Å². The van der Waals surface area contributed by atoms with Gasteiger partial charge in [0.1, 0.15) is 0 Å². The largest absolute Gasteiger partial charge is 0.439 e. The number of aromatic nitrogens is 2. The average molecular weight is 248 g/mol. The Hall–Kier alpha value is -1.32. The van der Waals surface area contributed by atoms with Crippen molar-refractivity contribution in [2.75, 3.05) is 0 Å². The standard InChI is InChI=1S/C5H4F4N2O3S/c6-3(7)5(8,9)15(12,13)14-4-10-1-2-11-4/h1-3H,(H,10,11). The van der Waals surface area contributed by atoms with Gasteiger partial charge in [-0.3, -0.25) is 0 Å². The van der Waals surface area contributed by atoms with Crippen LogP contribution in [0.5, 0.6) is 6.01 Å². The van der Waals surface area contributed by atoms with Gasteiger partial charge in [-0.2, -0.15) is 17.2 Å². The minimum absolute atomic E-state index is 0.810. The molecule has 0 aliphatic heterocycles. The van der Waals surface area contributed by atoms with Crippen LogP contribution < -0.4 is 4.18 Å². The predicted molar refractivity (Wildman–Crippen MR) is 39.1 cm³/mol. The van der Waals surface area contributed by atoms with Crippen molar-refractivity contribution in [3.63, 3.8) is 0 Å². The van der Waals surface area contributed by atoms with Gasteiger partial charge in [0.15, 0.2) is 0 Å². The molecule has 1 aromatic heterocycles. The maximum atomic E-state index is 12.4. The average Bonchev–Trinajstić information content (AvgIpc) is 2.55. The Bertz CT molecular complexity index is 415. The second-order valence-electron chi connectivity index (χ2n) is 2.29. The maximum absolute atomic E-state index is 12.4. The zero-order valence-electron chi connectivity index (χ0n) is 6.82. The number of alkyl halides is 4. The molecule has 0 aliphatic rings. The first-order valence-corrected chi connectivity index (χ1v) is 4.77. The first kappa shape index (κ1) is 11.8. The summed E-state index contributed by atoms with van der Waals surface area (Å²) in [6, 6.07) is -0.810. The molecule has 0 aliphatic carbocycles. The maximum Gasteiger partial charge on any atom is 0.439 e. The van der Waals surface area contributed by atoms with Crippen LogP contribution in [0.4, 0.5) is 17.6 Å². The molecule has 0 aromatic carbocycles. The van der Waals surface area contributed by atoms with Crippen LogP contribution in [0.2, 0.25) is 0 Å². The van der Waals surface area contributed by atoms with Crippen molar-refractivity contribution >= 4 is 10.1 Å².